The zero-order chi connectivity index (χ0) is 14.2. The Bertz CT molecular complexity index is 338. The second-order valence-electron chi connectivity index (χ2n) is 5.66. The molecule has 0 radical (unpaired) electrons. The molecule has 0 spiro atoms. The van der Waals surface area contributed by atoms with Crippen LogP contribution in [-0.2, 0) is 9.53 Å². The van der Waals surface area contributed by atoms with Crippen molar-refractivity contribution in [2.75, 3.05) is 39.4 Å². The zero-order valence-corrected chi connectivity index (χ0v) is 12.1. The van der Waals surface area contributed by atoms with Crippen LogP contribution in [0.15, 0.2) is 11.6 Å². The van der Waals surface area contributed by atoms with Crippen molar-refractivity contribution in [1.29, 1.82) is 0 Å². The number of aliphatic hydroxyl groups excluding tert-OH is 1. The highest BCUT2D eigenvalue weighted by Crippen LogP contribution is 2.19. The van der Waals surface area contributed by atoms with E-state index in [1.54, 1.807) is 0 Å². The standard InChI is InChI=1S/C15H26N2O3/c18-14(12-17-6-8-20-9-7-17)11-16-15(19)10-13-4-2-1-3-5-13/h4,14,18H,1-3,5-12H2,(H,16,19). The Kier molecular flexibility index (Phi) is 6.50. The lowest BCUT2D eigenvalue weighted by Crippen LogP contribution is -2.44. The Labute approximate surface area is 121 Å². The molecule has 0 aromatic heterocycles. The van der Waals surface area contributed by atoms with E-state index in [1.807, 2.05) is 0 Å². The van der Waals surface area contributed by atoms with E-state index in [1.165, 1.54) is 18.4 Å². The van der Waals surface area contributed by atoms with Gasteiger partial charge in [-0.25, -0.2) is 0 Å². The third-order valence-corrected chi connectivity index (χ3v) is 3.88. The molecule has 1 aliphatic heterocycles. The first-order valence-electron chi connectivity index (χ1n) is 7.67. The summed E-state index contributed by atoms with van der Waals surface area (Å²) >= 11 is 0. The van der Waals surface area contributed by atoms with E-state index in [0.29, 0.717) is 19.5 Å². The Morgan fingerprint density at radius 3 is 2.90 bits per heavy atom. The molecule has 1 amide bonds. The first-order valence-corrected chi connectivity index (χ1v) is 7.67. The van der Waals surface area contributed by atoms with Crippen molar-refractivity contribution < 1.29 is 14.6 Å². The molecule has 5 nitrogen and oxygen atoms in total. The minimum Gasteiger partial charge on any atom is -0.390 e. The van der Waals surface area contributed by atoms with E-state index in [-0.39, 0.29) is 5.91 Å². The topological polar surface area (TPSA) is 61.8 Å². The van der Waals surface area contributed by atoms with E-state index >= 15 is 0 Å². The summed E-state index contributed by atoms with van der Waals surface area (Å²) in [5.74, 6) is 0.0270. The molecule has 114 valence electrons. The van der Waals surface area contributed by atoms with Crippen LogP contribution in [0.4, 0.5) is 0 Å². The summed E-state index contributed by atoms with van der Waals surface area (Å²) in [7, 11) is 0. The molecule has 1 saturated heterocycles. The van der Waals surface area contributed by atoms with Crippen molar-refractivity contribution in [2.45, 2.75) is 38.2 Å². The summed E-state index contributed by atoms with van der Waals surface area (Å²) in [6.07, 6.45) is 6.75. The number of nitrogens with one attached hydrogen (secondary N) is 1. The average molecular weight is 282 g/mol. The molecule has 1 atom stereocenters. The lowest BCUT2D eigenvalue weighted by atomic mass is 9.97. The monoisotopic (exact) mass is 282 g/mol. The van der Waals surface area contributed by atoms with Crippen molar-refractivity contribution in [2.24, 2.45) is 0 Å². The number of aliphatic hydroxyl groups is 1. The van der Waals surface area contributed by atoms with Crippen LogP contribution in [0.25, 0.3) is 0 Å². The van der Waals surface area contributed by atoms with Crippen molar-refractivity contribution in [3.05, 3.63) is 11.6 Å². The van der Waals surface area contributed by atoms with Gasteiger partial charge in [-0.2, -0.15) is 0 Å². The average Bonchev–Trinajstić information content (AvgIpc) is 2.47. The largest absolute Gasteiger partial charge is 0.390 e. The van der Waals surface area contributed by atoms with Crippen LogP contribution in [0.1, 0.15) is 32.1 Å². The van der Waals surface area contributed by atoms with Crippen LogP contribution in [0.5, 0.6) is 0 Å². The molecule has 0 aromatic carbocycles. The van der Waals surface area contributed by atoms with Gasteiger partial charge < -0.3 is 15.2 Å². The van der Waals surface area contributed by atoms with E-state index in [2.05, 4.69) is 16.3 Å². The summed E-state index contributed by atoms with van der Waals surface area (Å²) < 4.78 is 5.26. The van der Waals surface area contributed by atoms with Gasteiger partial charge in [0.15, 0.2) is 0 Å². The molecule has 2 rings (SSSR count). The molecule has 1 aliphatic carbocycles. The number of rotatable bonds is 6. The quantitative estimate of drug-likeness (QED) is 0.704. The molecule has 2 aliphatic rings. The molecular formula is C15H26N2O3. The Morgan fingerprint density at radius 1 is 1.40 bits per heavy atom. The van der Waals surface area contributed by atoms with Crippen molar-refractivity contribution in [3.63, 3.8) is 0 Å². The lowest BCUT2D eigenvalue weighted by Gasteiger charge is -2.28. The van der Waals surface area contributed by atoms with Gasteiger partial charge in [-0.15, -0.1) is 0 Å². The molecule has 0 saturated carbocycles. The number of hydrogen-bond acceptors (Lipinski definition) is 4. The number of morpholine rings is 1. The molecule has 2 N–H and O–H groups in total. The molecule has 20 heavy (non-hydrogen) atoms. The number of β-amino-alcohol motifs (C(OH)–C–C–N with tert-alkyl or cyclic N) is 1. The maximum Gasteiger partial charge on any atom is 0.224 e. The van der Waals surface area contributed by atoms with Crippen molar-refractivity contribution in [3.8, 4) is 0 Å². The fourth-order valence-corrected chi connectivity index (χ4v) is 2.71. The normalized spacial score (nSPS) is 22.1. The van der Waals surface area contributed by atoms with Gasteiger partial charge in [0.2, 0.25) is 5.91 Å². The maximum atomic E-state index is 11.8. The van der Waals surface area contributed by atoms with Gasteiger partial charge in [0.05, 0.1) is 19.3 Å². The van der Waals surface area contributed by atoms with Gasteiger partial charge in [0.1, 0.15) is 0 Å². The van der Waals surface area contributed by atoms with E-state index in [0.717, 1.165) is 39.1 Å². The summed E-state index contributed by atoms with van der Waals surface area (Å²) in [5, 5.41) is 12.8. The minimum absolute atomic E-state index is 0.0270. The zero-order valence-electron chi connectivity index (χ0n) is 12.1. The smallest absolute Gasteiger partial charge is 0.224 e. The Morgan fingerprint density at radius 2 is 2.20 bits per heavy atom. The van der Waals surface area contributed by atoms with E-state index < -0.39 is 6.10 Å². The van der Waals surface area contributed by atoms with Gasteiger partial charge in [0, 0.05) is 32.6 Å². The maximum absolute atomic E-state index is 11.8. The SMILES string of the molecule is O=C(CC1=CCCCC1)NCC(O)CN1CCOCC1. The number of carbonyl (C=O) groups excluding carboxylic acids is 1. The van der Waals surface area contributed by atoms with Gasteiger partial charge in [-0.3, -0.25) is 9.69 Å². The number of hydrogen-bond donors (Lipinski definition) is 2. The number of allylic oxidation sites excluding steroid dienone is 1. The minimum atomic E-state index is -0.502. The third-order valence-electron chi connectivity index (χ3n) is 3.88. The predicted octanol–water partition coefficient (Wildman–Crippen LogP) is 0.686. The number of amides is 1. The highest BCUT2D eigenvalue weighted by molar-refractivity contribution is 5.78. The summed E-state index contributed by atoms with van der Waals surface area (Å²) in [6.45, 7) is 4.12. The lowest BCUT2D eigenvalue weighted by molar-refractivity contribution is -0.121. The highest BCUT2D eigenvalue weighted by atomic mass is 16.5. The fourth-order valence-electron chi connectivity index (χ4n) is 2.71. The second kappa shape index (κ2) is 8.39. The van der Waals surface area contributed by atoms with Crippen LogP contribution in [0, 0.1) is 0 Å². The summed E-state index contributed by atoms with van der Waals surface area (Å²) in [4.78, 5) is 14.0. The van der Waals surface area contributed by atoms with Gasteiger partial charge in [0.25, 0.3) is 0 Å². The van der Waals surface area contributed by atoms with Crippen LogP contribution in [0.2, 0.25) is 0 Å². The van der Waals surface area contributed by atoms with E-state index in [9.17, 15) is 9.90 Å². The van der Waals surface area contributed by atoms with E-state index in [4.69, 9.17) is 4.74 Å². The number of carbonyl (C=O) groups is 1. The molecule has 1 heterocycles. The van der Waals surface area contributed by atoms with Crippen molar-refractivity contribution >= 4 is 5.91 Å². The predicted molar refractivity (Wildman–Crippen MR) is 77.4 cm³/mol. The van der Waals surface area contributed by atoms with Crippen LogP contribution < -0.4 is 5.32 Å². The molecule has 1 unspecified atom stereocenters. The Balaban J connectivity index is 1.60. The third kappa shape index (κ3) is 5.61. The Hall–Kier alpha value is -0.910. The van der Waals surface area contributed by atoms with Crippen LogP contribution >= 0.6 is 0 Å². The molecule has 0 aromatic rings. The molecule has 5 heteroatoms. The van der Waals surface area contributed by atoms with Gasteiger partial charge >= 0.3 is 0 Å². The molecule has 1 fully saturated rings. The first kappa shape index (κ1) is 15.5. The number of nitrogens with zero attached hydrogens (tertiary/aromatic N) is 1. The van der Waals surface area contributed by atoms with Crippen LogP contribution in [-0.4, -0.2) is 61.4 Å². The molecule has 0 bridgehead atoms. The second-order valence-corrected chi connectivity index (χ2v) is 5.66. The highest BCUT2D eigenvalue weighted by Gasteiger charge is 2.16. The summed E-state index contributed by atoms with van der Waals surface area (Å²) in [5.41, 5.74) is 1.25. The fraction of sp³-hybridized carbons (Fsp3) is 0.800. The van der Waals surface area contributed by atoms with Gasteiger partial charge in [-0.05, 0) is 25.7 Å². The number of ether oxygens (including phenoxy) is 1. The van der Waals surface area contributed by atoms with Crippen LogP contribution in [0.3, 0.4) is 0 Å². The first-order chi connectivity index (χ1) is 9.74. The molecular weight excluding hydrogens is 256 g/mol. The van der Waals surface area contributed by atoms with Gasteiger partial charge in [-0.1, -0.05) is 11.6 Å². The summed E-state index contributed by atoms with van der Waals surface area (Å²) in [6, 6.07) is 0. The van der Waals surface area contributed by atoms with Crippen molar-refractivity contribution in [1.82, 2.24) is 10.2 Å².